The molecule has 0 bridgehead atoms. The van der Waals surface area contributed by atoms with E-state index in [1.54, 1.807) is 18.2 Å². The van der Waals surface area contributed by atoms with Gasteiger partial charge in [0.15, 0.2) is 5.78 Å². The molecule has 1 unspecified atom stereocenters. The third-order valence-electron chi connectivity index (χ3n) is 4.37. The molecule has 2 aromatic carbocycles. The molecule has 1 N–H and O–H groups in total. The number of halogens is 1. The van der Waals surface area contributed by atoms with Crippen molar-refractivity contribution in [1.29, 1.82) is 0 Å². The maximum Gasteiger partial charge on any atom is 0.167 e. The number of hydrogen-bond donors (Lipinski definition) is 1. The fourth-order valence-corrected chi connectivity index (χ4v) is 3.37. The van der Waals surface area contributed by atoms with Gasteiger partial charge in [0, 0.05) is 35.2 Å². The van der Waals surface area contributed by atoms with Crippen LogP contribution in [0.1, 0.15) is 28.8 Å². The van der Waals surface area contributed by atoms with Crippen LogP contribution in [0.3, 0.4) is 0 Å². The van der Waals surface area contributed by atoms with Gasteiger partial charge >= 0.3 is 0 Å². The Morgan fingerprint density at radius 2 is 2.04 bits per heavy atom. The van der Waals surface area contributed by atoms with Crippen LogP contribution in [-0.4, -0.2) is 28.9 Å². The lowest BCUT2D eigenvalue weighted by molar-refractivity contribution is 0.0811. The summed E-state index contributed by atoms with van der Waals surface area (Å²) >= 11 is 5.99. The first-order valence-corrected chi connectivity index (χ1v) is 8.30. The van der Waals surface area contributed by atoms with E-state index in [-0.39, 0.29) is 11.7 Å². The first-order chi connectivity index (χ1) is 11.1. The maximum absolute atomic E-state index is 12.7. The maximum atomic E-state index is 12.7. The highest BCUT2D eigenvalue weighted by molar-refractivity contribution is 6.31. The van der Waals surface area contributed by atoms with Gasteiger partial charge in [0.1, 0.15) is 5.75 Å². The average Bonchev–Trinajstić information content (AvgIpc) is 2.56. The Kier molecular flexibility index (Phi) is 4.99. The average molecular weight is 330 g/mol. The highest BCUT2D eigenvalue weighted by atomic mass is 35.5. The smallest absolute Gasteiger partial charge is 0.167 e. The van der Waals surface area contributed by atoms with Crippen LogP contribution in [0.4, 0.5) is 0 Å². The van der Waals surface area contributed by atoms with Crippen molar-refractivity contribution in [3.8, 4) is 5.75 Å². The molecule has 1 saturated heterocycles. The molecule has 23 heavy (non-hydrogen) atoms. The lowest BCUT2D eigenvalue weighted by Crippen LogP contribution is -2.38. The highest BCUT2D eigenvalue weighted by Gasteiger charge is 2.27. The molecule has 3 nitrogen and oxygen atoms in total. The molecular formula is C19H20ClNO2. The Labute approximate surface area is 141 Å². The molecule has 0 aliphatic carbocycles. The van der Waals surface area contributed by atoms with Crippen molar-refractivity contribution < 1.29 is 9.90 Å². The number of phenolic OH excluding ortho intramolecular Hbond substituents is 1. The Hall–Kier alpha value is -1.84. The Morgan fingerprint density at radius 1 is 1.22 bits per heavy atom. The van der Waals surface area contributed by atoms with Crippen molar-refractivity contribution in [2.45, 2.75) is 19.4 Å². The van der Waals surface area contributed by atoms with Gasteiger partial charge in [-0.1, -0.05) is 41.9 Å². The van der Waals surface area contributed by atoms with E-state index in [0.29, 0.717) is 22.9 Å². The second-order valence-corrected chi connectivity index (χ2v) is 6.51. The van der Waals surface area contributed by atoms with Crippen LogP contribution in [0.5, 0.6) is 5.75 Å². The van der Waals surface area contributed by atoms with Crippen molar-refractivity contribution in [1.82, 2.24) is 4.90 Å². The van der Waals surface area contributed by atoms with E-state index in [1.165, 1.54) is 0 Å². The van der Waals surface area contributed by atoms with Gasteiger partial charge in [-0.15, -0.1) is 0 Å². The zero-order valence-electron chi connectivity index (χ0n) is 12.9. The summed E-state index contributed by atoms with van der Waals surface area (Å²) in [4.78, 5) is 14.9. The highest BCUT2D eigenvalue weighted by Crippen LogP contribution is 2.25. The van der Waals surface area contributed by atoms with Crippen LogP contribution in [0, 0.1) is 5.92 Å². The van der Waals surface area contributed by atoms with E-state index in [2.05, 4.69) is 4.90 Å². The molecule has 4 heteroatoms. The number of phenols is 1. The van der Waals surface area contributed by atoms with Crippen LogP contribution < -0.4 is 0 Å². The van der Waals surface area contributed by atoms with Crippen LogP contribution in [0.15, 0.2) is 48.5 Å². The summed E-state index contributed by atoms with van der Waals surface area (Å²) in [5.74, 6) is 0.471. The van der Waals surface area contributed by atoms with Crippen LogP contribution in [0.2, 0.25) is 5.02 Å². The monoisotopic (exact) mass is 329 g/mol. The Balaban J connectivity index is 1.68. The summed E-state index contributed by atoms with van der Waals surface area (Å²) in [6.07, 6.45) is 1.90. The van der Waals surface area contributed by atoms with Crippen molar-refractivity contribution >= 4 is 17.4 Å². The van der Waals surface area contributed by atoms with Crippen molar-refractivity contribution in [3.63, 3.8) is 0 Å². The van der Waals surface area contributed by atoms with Crippen molar-refractivity contribution in [3.05, 3.63) is 64.7 Å². The van der Waals surface area contributed by atoms with Gasteiger partial charge in [0.05, 0.1) is 0 Å². The van der Waals surface area contributed by atoms with Gasteiger partial charge in [-0.05, 0) is 37.6 Å². The van der Waals surface area contributed by atoms with Gasteiger partial charge in [-0.3, -0.25) is 9.69 Å². The number of likely N-dealkylation sites (tertiary alicyclic amines) is 1. The zero-order chi connectivity index (χ0) is 16.2. The number of ketones is 1. The van der Waals surface area contributed by atoms with E-state index in [1.807, 2.05) is 30.3 Å². The van der Waals surface area contributed by atoms with E-state index >= 15 is 0 Å². The zero-order valence-corrected chi connectivity index (χ0v) is 13.7. The molecule has 1 heterocycles. The van der Waals surface area contributed by atoms with Gasteiger partial charge in [0.25, 0.3) is 0 Å². The largest absolute Gasteiger partial charge is 0.508 e. The number of benzene rings is 2. The first kappa shape index (κ1) is 16.0. The predicted molar refractivity (Wildman–Crippen MR) is 91.9 cm³/mol. The van der Waals surface area contributed by atoms with Crippen molar-refractivity contribution in [2.75, 3.05) is 13.1 Å². The SMILES string of the molecule is O=C(c1cccc(Cl)c1)C1CCCN(Cc2ccccc2O)C1. The summed E-state index contributed by atoms with van der Waals surface area (Å²) in [5, 5.41) is 10.5. The van der Waals surface area contributed by atoms with E-state index in [4.69, 9.17) is 11.6 Å². The Bertz CT molecular complexity index is 701. The molecule has 0 spiro atoms. The molecule has 1 atom stereocenters. The second kappa shape index (κ2) is 7.16. The first-order valence-electron chi connectivity index (χ1n) is 7.92. The molecule has 1 fully saturated rings. The van der Waals surface area contributed by atoms with E-state index < -0.39 is 0 Å². The van der Waals surface area contributed by atoms with E-state index in [0.717, 1.165) is 31.5 Å². The van der Waals surface area contributed by atoms with Gasteiger partial charge < -0.3 is 5.11 Å². The standard InChI is InChI=1S/C19H20ClNO2/c20-17-8-3-6-14(11-17)19(23)16-7-4-10-21(13-16)12-15-5-1-2-9-18(15)22/h1-3,5-6,8-9,11,16,22H,4,7,10,12-13H2. The fraction of sp³-hybridized carbons (Fsp3) is 0.316. The molecule has 0 amide bonds. The molecule has 120 valence electrons. The predicted octanol–water partition coefficient (Wildman–Crippen LogP) is 4.14. The summed E-state index contributed by atoms with van der Waals surface area (Å²) < 4.78 is 0. The molecule has 1 aliphatic rings. The molecule has 3 rings (SSSR count). The number of hydrogen-bond acceptors (Lipinski definition) is 3. The Morgan fingerprint density at radius 3 is 2.83 bits per heavy atom. The number of rotatable bonds is 4. The summed E-state index contributed by atoms with van der Waals surface area (Å²) in [5.41, 5.74) is 1.59. The number of Topliss-reactive ketones (excluding diaryl/α,β-unsaturated/α-hetero) is 1. The molecule has 0 saturated carbocycles. The minimum atomic E-state index is -0.00642. The summed E-state index contributed by atoms with van der Waals surface area (Å²) in [7, 11) is 0. The number of carbonyl (C=O) groups excluding carboxylic acids is 1. The number of aromatic hydroxyl groups is 1. The van der Waals surface area contributed by atoms with Gasteiger partial charge in [-0.25, -0.2) is 0 Å². The lowest BCUT2D eigenvalue weighted by atomic mass is 9.90. The summed E-state index contributed by atoms with van der Waals surface area (Å²) in [6.45, 7) is 2.35. The summed E-state index contributed by atoms with van der Waals surface area (Å²) in [6, 6.07) is 14.5. The van der Waals surface area contributed by atoms with Crippen LogP contribution in [-0.2, 0) is 6.54 Å². The molecule has 1 aliphatic heterocycles. The third kappa shape index (κ3) is 3.92. The molecular weight excluding hydrogens is 310 g/mol. The minimum absolute atomic E-state index is 0.00642. The lowest BCUT2D eigenvalue weighted by Gasteiger charge is -2.32. The van der Waals surface area contributed by atoms with Crippen LogP contribution >= 0.6 is 11.6 Å². The van der Waals surface area contributed by atoms with Crippen molar-refractivity contribution in [2.24, 2.45) is 5.92 Å². The normalized spacial score (nSPS) is 18.7. The topological polar surface area (TPSA) is 40.5 Å². The van der Waals surface area contributed by atoms with E-state index in [9.17, 15) is 9.90 Å². The minimum Gasteiger partial charge on any atom is -0.508 e. The number of carbonyl (C=O) groups is 1. The number of para-hydroxylation sites is 1. The van der Waals surface area contributed by atoms with Gasteiger partial charge in [-0.2, -0.15) is 0 Å². The number of nitrogens with zero attached hydrogens (tertiary/aromatic N) is 1. The second-order valence-electron chi connectivity index (χ2n) is 6.08. The quantitative estimate of drug-likeness (QED) is 0.857. The van der Waals surface area contributed by atoms with Crippen LogP contribution in [0.25, 0.3) is 0 Å². The third-order valence-corrected chi connectivity index (χ3v) is 4.61. The molecule has 0 aromatic heterocycles. The fourth-order valence-electron chi connectivity index (χ4n) is 3.18. The van der Waals surface area contributed by atoms with Gasteiger partial charge in [0.2, 0.25) is 0 Å². The molecule has 0 radical (unpaired) electrons. The number of piperidine rings is 1. The molecule has 2 aromatic rings.